The summed E-state index contributed by atoms with van der Waals surface area (Å²) in [5.41, 5.74) is -0.523. The molecule has 1 aromatic carbocycles. The molecule has 0 bridgehead atoms. The Bertz CT molecular complexity index is 443. The van der Waals surface area contributed by atoms with Gasteiger partial charge in [0.15, 0.2) is 0 Å². The summed E-state index contributed by atoms with van der Waals surface area (Å²) >= 11 is 0. The molecule has 0 N–H and O–H groups in total. The second-order valence-corrected chi connectivity index (χ2v) is 6.48. The standard InChI is InChI=1S/C16H24BFO3/c1-15(2)16(3,4)21-17(20-15)11-5-6-12-19-14-9-7-13(18)8-10-14/h7-10H,5-6,11-12H2,1-4H3. The van der Waals surface area contributed by atoms with Crippen molar-refractivity contribution in [3.05, 3.63) is 30.1 Å². The molecule has 5 heteroatoms. The van der Waals surface area contributed by atoms with Gasteiger partial charge in [-0.25, -0.2) is 4.39 Å². The summed E-state index contributed by atoms with van der Waals surface area (Å²) < 4.78 is 30.2. The number of hydrogen-bond acceptors (Lipinski definition) is 3. The molecule has 0 amide bonds. The minimum Gasteiger partial charge on any atom is -0.494 e. The van der Waals surface area contributed by atoms with Gasteiger partial charge in [-0.05, 0) is 64.7 Å². The SMILES string of the molecule is CC1(C)OB(CCCCOc2ccc(F)cc2)OC1(C)C. The van der Waals surface area contributed by atoms with E-state index < -0.39 is 0 Å². The summed E-state index contributed by atoms with van der Waals surface area (Å²) in [7, 11) is -0.138. The van der Waals surface area contributed by atoms with E-state index in [4.69, 9.17) is 14.0 Å². The van der Waals surface area contributed by atoms with Crippen LogP contribution >= 0.6 is 0 Å². The second kappa shape index (κ2) is 6.36. The van der Waals surface area contributed by atoms with Crippen LogP contribution in [0.25, 0.3) is 0 Å². The van der Waals surface area contributed by atoms with Crippen molar-refractivity contribution in [2.45, 2.75) is 58.1 Å². The van der Waals surface area contributed by atoms with Gasteiger partial charge in [-0.2, -0.15) is 0 Å². The van der Waals surface area contributed by atoms with E-state index >= 15 is 0 Å². The van der Waals surface area contributed by atoms with Crippen molar-refractivity contribution in [2.24, 2.45) is 0 Å². The average molecular weight is 294 g/mol. The molecule has 116 valence electrons. The van der Waals surface area contributed by atoms with Crippen LogP contribution in [0.2, 0.25) is 6.32 Å². The molecule has 3 nitrogen and oxygen atoms in total. The summed E-state index contributed by atoms with van der Waals surface area (Å²) in [6, 6.07) is 6.09. The number of halogens is 1. The van der Waals surface area contributed by atoms with Crippen molar-refractivity contribution in [1.82, 2.24) is 0 Å². The van der Waals surface area contributed by atoms with Crippen molar-refractivity contribution >= 4 is 7.12 Å². The second-order valence-electron chi connectivity index (χ2n) is 6.48. The van der Waals surface area contributed by atoms with Crippen LogP contribution in [0.3, 0.4) is 0 Å². The third-order valence-electron chi connectivity index (χ3n) is 4.22. The van der Waals surface area contributed by atoms with E-state index in [9.17, 15) is 4.39 Å². The summed E-state index contributed by atoms with van der Waals surface area (Å²) in [5.74, 6) is 0.454. The third kappa shape index (κ3) is 4.21. The van der Waals surface area contributed by atoms with Crippen molar-refractivity contribution in [2.75, 3.05) is 6.61 Å². The van der Waals surface area contributed by atoms with Crippen LogP contribution in [0.5, 0.6) is 5.75 Å². The highest BCUT2D eigenvalue weighted by Gasteiger charge is 2.50. The third-order valence-corrected chi connectivity index (χ3v) is 4.22. The zero-order chi connectivity index (χ0) is 15.5. The molecule has 1 saturated heterocycles. The highest BCUT2D eigenvalue weighted by molar-refractivity contribution is 6.45. The fourth-order valence-corrected chi connectivity index (χ4v) is 2.22. The first-order chi connectivity index (χ1) is 9.80. The maximum atomic E-state index is 12.7. The van der Waals surface area contributed by atoms with Crippen LogP contribution in [0.4, 0.5) is 4.39 Å². The number of rotatable bonds is 6. The molecule has 0 spiro atoms. The van der Waals surface area contributed by atoms with Crippen molar-refractivity contribution in [1.29, 1.82) is 0 Å². The maximum absolute atomic E-state index is 12.7. The number of ether oxygens (including phenoxy) is 1. The largest absolute Gasteiger partial charge is 0.494 e. The highest BCUT2D eigenvalue weighted by Crippen LogP contribution is 2.38. The van der Waals surface area contributed by atoms with Crippen molar-refractivity contribution in [3.63, 3.8) is 0 Å². The summed E-state index contributed by atoms with van der Waals surface area (Å²) in [6.45, 7) is 8.86. The van der Waals surface area contributed by atoms with Gasteiger partial charge in [0.05, 0.1) is 17.8 Å². The Kier molecular flexibility index (Phi) is 4.94. The molecule has 0 aromatic heterocycles. The van der Waals surface area contributed by atoms with Crippen LogP contribution in [0, 0.1) is 5.82 Å². The predicted octanol–water partition coefficient (Wildman–Crippen LogP) is 4.08. The molecule has 0 unspecified atom stereocenters. The van der Waals surface area contributed by atoms with E-state index in [1.54, 1.807) is 12.1 Å². The minimum absolute atomic E-state index is 0.138. The van der Waals surface area contributed by atoms with E-state index in [1.807, 2.05) is 0 Å². The van der Waals surface area contributed by atoms with Gasteiger partial charge in [0, 0.05) is 0 Å². The lowest BCUT2D eigenvalue weighted by Gasteiger charge is -2.32. The molecular formula is C16H24BFO3. The smallest absolute Gasteiger partial charge is 0.457 e. The Labute approximate surface area is 126 Å². The molecule has 21 heavy (non-hydrogen) atoms. The topological polar surface area (TPSA) is 27.7 Å². The zero-order valence-electron chi connectivity index (χ0n) is 13.3. The van der Waals surface area contributed by atoms with E-state index in [1.165, 1.54) is 12.1 Å². The van der Waals surface area contributed by atoms with Gasteiger partial charge < -0.3 is 14.0 Å². The van der Waals surface area contributed by atoms with E-state index in [0.717, 1.165) is 19.2 Å². The molecule has 1 aliphatic heterocycles. The molecule has 2 rings (SSSR count). The Morgan fingerprint density at radius 2 is 1.57 bits per heavy atom. The summed E-state index contributed by atoms with van der Waals surface area (Å²) in [6.07, 6.45) is 2.75. The highest BCUT2D eigenvalue weighted by atomic mass is 19.1. The van der Waals surface area contributed by atoms with Crippen LogP contribution in [-0.4, -0.2) is 24.9 Å². The van der Waals surface area contributed by atoms with Gasteiger partial charge in [0.1, 0.15) is 11.6 Å². The van der Waals surface area contributed by atoms with E-state index in [2.05, 4.69) is 27.7 Å². The minimum atomic E-state index is -0.262. The molecule has 0 atom stereocenters. The zero-order valence-corrected chi connectivity index (χ0v) is 13.3. The van der Waals surface area contributed by atoms with Gasteiger partial charge in [0.25, 0.3) is 0 Å². The Balaban J connectivity index is 1.64. The van der Waals surface area contributed by atoms with Crippen LogP contribution < -0.4 is 4.74 Å². The number of unbranched alkanes of at least 4 members (excludes halogenated alkanes) is 1. The van der Waals surface area contributed by atoms with Gasteiger partial charge in [-0.3, -0.25) is 0 Å². The van der Waals surface area contributed by atoms with E-state index in [-0.39, 0.29) is 24.1 Å². The molecule has 1 aliphatic rings. The first kappa shape index (κ1) is 16.3. The van der Waals surface area contributed by atoms with Crippen LogP contribution in [-0.2, 0) is 9.31 Å². The summed E-state index contributed by atoms with van der Waals surface area (Å²) in [4.78, 5) is 0. The Morgan fingerprint density at radius 1 is 1.00 bits per heavy atom. The van der Waals surface area contributed by atoms with Gasteiger partial charge >= 0.3 is 7.12 Å². The lowest BCUT2D eigenvalue weighted by molar-refractivity contribution is 0.00578. The first-order valence-corrected chi connectivity index (χ1v) is 7.54. The molecular weight excluding hydrogens is 270 g/mol. The van der Waals surface area contributed by atoms with Crippen molar-refractivity contribution in [3.8, 4) is 5.75 Å². The molecule has 1 heterocycles. The van der Waals surface area contributed by atoms with Gasteiger partial charge in [-0.1, -0.05) is 6.42 Å². The quantitative estimate of drug-likeness (QED) is 0.584. The molecule has 1 fully saturated rings. The van der Waals surface area contributed by atoms with Crippen LogP contribution in [0.1, 0.15) is 40.5 Å². The molecule has 1 aromatic rings. The summed E-state index contributed by atoms with van der Waals surface area (Å²) in [5, 5.41) is 0. The normalized spacial score (nSPS) is 19.8. The van der Waals surface area contributed by atoms with E-state index in [0.29, 0.717) is 12.4 Å². The fraction of sp³-hybridized carbons (Fsp3) is 0.625. The van der Waals surface area contributed by atoms with Crippen LogP contribution in [0.15, 0.2) is 24.3 Å². The van der Waals surface area contributed by atoms with Gasteiger partial charge in [-0.15, -0.1) is 0 Å². The number of benzene rings is 1. The monoisotopic (exact) mass is 294 g/mol. The Hall–Kier alpha value is -1.07. The van der Waals surface area contributed by atoms with Gasteiger partial charge in [0.2, 0.25) is 0 Å². The van der Waals surface area contributed by atoms with Crippen molar-refractivity contribution < 1.29 is 18.4 Å². The fourth-order valence-electron chi connectivity index (χ4n) is 2.22. The molecule has 0 saturated carbocycles. The predicted molar refractivity (Wildman–Crippen MR) is 82.0 cm³/mol. The molecule has 0 aliphatic carbocycles. The number of hydrogen-bond donors (Lipinski definition) is 0. The average Bonchev–Trinajstić information content (AvgIpc) is 2.59. The lowest BCUT2D eigenvalue weighted by Crippen LogP contribution is -2.41. The Morgan fingerprint density at radius 3 is 2.14 bits per heavy atom. The molecule has 0 radical (unpaired) electrons. The maximum Gasteiger partial charge on any atom is 0.457 e. The first-order valence-electron chi connectivity index (χ1n) is 7.54. The lowest BCUT2D eigenvalue weighted by atomic mass is 9.82.